The molecule has 2 rings (SSSR count). The van der Waals surface area contributed by atoms with Crippen LogP contribution in [0.2, 0.25) is 0 Å². The van der Waals surface area contributed by atoms with E-state index in [1.807, 2.05) is 6.07 Å². The second-order valence-electron chi connectivity index (χ2n) is 5.53. The highest BCUT2D eigenvalue weighted by atomic mass is 16.3. The second-order valence-corrected chi connectivity index (χ2v) is 5.53. The van der Waals surface area contributed by atoms with Crippen LogP contribution in [0.3, 0.4) is 0 Å². The SMILES string of the molecule is Cc1ccc2oc(C(N)C(C)(C)C)cc2c1. The fourth-order valence-electron chi connectivity index (χ4n) is 1.76. The highest BCUT2D eigenvalue weighted by Crippen LogP contribution is 2.33. The summed E-state index contributed by atoms with van der Waals surface area (Å²) < 4.78 is 5.79. The van der Waals surface area contributed by atoms with Crippen LogP contribution in [0, 0.1) is 12.3 Å². The van der Waals surface area contributed by atoms with Gasteiger partial charge in [-0.2, -0.15) is 0 Å². The van der Waals surface area contributed by atoms with Gasteiger partial charge in [0.25, 0.3) is 0 Å². The normalized spacial score (nSPS) is 14.3. The monoisotopic (exact) mass is 217 g/mol. The standard InChI is InChI=1S/C14H19NO/c1-9-5-6-11-10(7-9)8-12(16-11)13(15)14(2,3)4/h5-8,13H,15H2,1-4H3. The molecule has 0 fully saturated rings. The van der Waals surface area contributed by atoms with Crippen LogP contribution in [-0.4, -0.2) is 0 Å². The van der Waals surface area contributed by atoms with E-state index in [4.69, 9.17) is 10.2 Å². The molecule has 0 aliphatic rings. The largest absolute Gasteiger partial charge is 0.459 e. The van der Waals surface area contributed by atoms with Gasteiger partial charge in [0.1, 0.15) is 11.3 Å². The molecule has 2 N–H and O–H groups in total. The molecule has 0 amide bonds. The van der Waals surface area contributed by atoms with Crippen LogP contribution in [0.5, 0.6) is 0 Å². The summed E-state index contributed by atoms with van der Waals surface area (Å²) in [7, 11) is 0. The zero-order chi connectivity index (χ0) is 11.9. The van der Waals surface area contributed by atoms with E-state index in [1.165, 1.54) is 5.56 Å². The van der Waals surface area contributed by atoms with E-state index in [0.29, 0.717) is 0 Å². The summed E-state index contributed by atoms with van der Waals surface area (Å²) >= 11 is 0. The van der Waals surface area contributed by atoms with Crippen LogP contribution in [0.25, 0.3) is 11.0 Å². The smallest absolute Gasteiger partial charge is 0.134 e. The summed E-state index contributed by atoms with van der Waals surface area (Å²) in [5, 5.41) is 1.13. The van der Waals surface area contributed by atoms with Crippen molar-refractivity contribution in [1.82, 2.24) is 0 Å². The van der Waals surface area contributed by atoms with Crippen molar-refractivity contribution in [3.05, 3.63) is 35.6 Å². The van der Waals surface area contributed by atoms with Gasteiger partial charge >= 0.3 is 0 Å². The zero-order valence-corrected chi connectivity index (χ0v) is 10.4. The molecule has 1 heterocycles. The lowest BCUT2D eigenvalue weighted by Crippen LogP contribution is -2.25. The highest BCUT2D eigenvalue weighted by molar-refractivity contribution is 5.78. The maximum absolute atomic E-state index is 6.18. The Balaban J connectivity index is 2.47. The number of rotatable bonds is 1. The van der Waals surface area contributed by atoms with Crippen LogP contribution < -0.4 is 5.73 Å². The Morgan fingerprint density at radius 2 is 1.88 bits per heavy atom. The molecule has 1 atom stereocenters. The van der Waals surface area contributed by atoms with Gasteiger partial charge in [-0.15, -0.1) is 0 Å². The molecular formula is C14H19NO. The van der Waals surface area contributed by atoms with E-state index >= 15 is 0 Å². The van der Waals surface area contributed by atoms with Crippen molar-refractivity contribution in [2.24, 2.45) is 11.1 Å². The van der Waals surface area contributed by atoms with Gasteiger partial charge in [0.05, 0.1) is 6.04 Å². The summed E-state index contributed by atoms with van der Waals surface area (Å²) in [4.78, 5) is 0. The Morgan fingerprint density at radius 3 is 2.50 bits per heavy atom. The van der Waals surface area contributed by atoms with Crippen LogP contribution in [0.4, 0.5) is 0 Å². The summed E-state index contributed by atoms with van der Waals surface area (Å²) in [6.07, 6.45) is 0. The van der Waals surface area contributed by atoms with Gasteiger partial charge in [-0.1, -0.05) is 32.4 Å². The maximum atomic E-state index is 6.18. The van der Waals surface area contributed by atoms with Crippen LogP contribution >= 0.6 is 0 Å². The summed E-state index contributed by atoms with van der Waals surface area (Å²) in [5.74, 6) is 0.869. The van der Waals surface area contributed by atoms with Crippen molar-refractivity contribution in [3.8, 4) is 0 Å². The third-order valence-corrected chi connectivity index (χ3v) is 2.93. The van der Waals surface area contributed by atoms with E-state index in [-0.39, 0.29) is 11.5 Å². The van der Waals surface area contributed by atoms with Crippen molar-refractivity contribution in [2.45, 2.75) is 33.7 Å². The summed E-state index contributed by atoms with van der Waals surface area (Å²) in [6, 6.07) is 8.16. The van der Waals surface area contributed by atoms with Crippen LogP contribution in [0.15, 0.2) is 28.7 Å². The van der Waals surface area contributed by atoms with E-state index in [1.54, 1.807) is 0 Å². The minimum Gasteiger partial charge on any atom is -0.459 e. The molecule has 2 heteroatoms. The molecule has 1 unspecified atom stereocenters. The zero-order valence-electron chi connectivity index (χ0n) is 10.4. The van der Waals surface area contributed by atoms with Crippen molar-refractivity contribution in [3.63, 3.8) is 0 Å². The summed E-state index contributed by atoms with van der Waals surface area (Å²) in [6.45, 7) is 8.44. The lowest BCUT2D eigenvalue weighted by molar-refractivity contribution is 0.290. The van der Waals surface area contributed by atoms with E-state index in [9.17, 15) is 0 Å². The first-order valence-electron chi connectivity index (χ1n) is 5.63. The number of furan rings is 1. The predicted octanol–water partition coefficient (Wildman–Crippen LogP) is 3.79. The minimum absolute atomic E-state index is 0.0168. The van der Waals surface area contributed by atoms with Crippen molar-refractivity contribution < 1.29 is 4.42 Å². The topological polar surface area (TPSA) is 39.2 Å². The molecule has 1 aromatic carbocycles. The van der Waals surface area contributed by atoms with Gasteiger partial charge in [-0.05, 0) is 30.5 Å². The first-order chi connectivity index (χ1) is 7.38. The third-order valence-electron chi connectivity index (χ3n) is 2.93. The Kier molecular flexibility index (Phi) is 2.55. The molecule has 0 aliphatic carbocycles. The first kappa shape index (κ1) is 11.2. The van der Waals surface area contributed by atoms with Crippen molar-refractivity contribution in [1.29, 1.82) is 0 Å². The molecule has 2 aromatic rings. The van der Waals surface area contributed by atoms with Crippen LogP contribution in [-0.2, 0) is 0 Å². The predicted molar refractivity (Wildman–Crippen MR) is 67.3 cm³/mol. The number of fused-ring (bicyclic) bond motifs is 1. The van der Waals surface area contributed by atoms with Crippen molar-refractivity contribution >= 4 is 11.0 Å². The lowest BCUT2D eigenvalue weighted by atomic mass is 9.86. The minimum atomic E-state index is -0.0693. The molecule has 2 nitrogen and oxygen atoms in total. The molecule has 1 aromatic heterocycles. The average Bonchev–Trinajstić information content (AvgIpc) is 2.57. The molecule has 0 saturated heterocycles. The number of aryl methyl sites for hydroxylation is 1. The van der Waals surface area contributed by atoms with Gasteiger partial charge in [0.2, 0.25) is 0 Å². The molecule has 0 bridgehead atoms. The second kappa shape index (κ2) is 3.63. The Morgan fingerprint density at radius 1 is 1.19 bits per heavy atom. The molecular weight excluding hydrogens is 198 g/mol. The number of hydrogen-bond acceptors (Lipinski definition) is 2. The fourth-order valence-corrected chi connectivity index (χ4v) is 1.76. The van der Waals surface area contributed by atoms with Crippen molar-refractivity contribution in [2.75, 3.05) is 0 Å². The molecule has 0 spiro atoms. The lowest BCUT2D eigenvalue weighted by Gasteiger charge is -2.24. The summed E-state index contributed by atoms with van der Waals surface area (Å²) in [5.41, 5.74) is 8.35. The van der Waals surface area contributed by atoms with Gasteiger partial charge < -0.3 is 10.2 Å². The Hall–Kier alpha value is -1.28. The highest BCUT2D eigenvalue weighted by Gasteiger charge is 2.25. The van der Waals surface area contributed by atoms with Crippen LogP contribution in [0.1, 0.15) is 38.1 Å². The number of benzene rings is 1. The average molecular weight is 217 g/mol. The number of hydrogen-bond donors (Lipinski definition) is 1. The number of nitrogens with two attached hydrogens (primary N) is 1. The molecule has 0 radical (unpaired) electrons. The van der Waals surface area contributed by atoms with E-state index < -0.39 is 0 Å². The molecule has 16 heavy (non-hydrogen) atoms. The maximum Gasteiger partial charge on any atom is 0.134 e. The first-order valence-corrected chi connectivity index (χ1v) is 5.63. The van der Waals surface area contributed by atoms with E-state index in [0.717, 1.165) is 16.7 Å². The molecule has 0 saturated carbocycles. The molecule has 0 aliphatic heterocycles. The van der Waals surface area contributed by atoms with Gasteiger partial charge in [0.15, 0.2) is 0 Å². The Labute approximate surface area is 96.4 Å². The van der Waals surface area contributed by atoms with Gasteiger partial charge in [-0.25, -0.2) is 0 Å². The van der Waals surface area contributed by atoms with E-state index in [2.05, 4.69) is 45.9 Å². The third kappa shape index (κ3) is 1.98. The molecule has 86 valence electrons. The fraction of sp³-hybridized carbons (Fsp3) is 0.429. The Bertz CT molecular complexity index is 505. The van der Waals surface area contributed by atoms with Gasteiger partial charge in [-0.3, -0.25) is 0 Å². The quantitative estimate of drug-likeness (QED) is 0.789. The van der Waals surface area contributed by atoms with Gasteiger partial charge in [0, 0.05) is 5.39 Å².